The molecule has 2 fully saturated rings. The molecule has 2 heterocycles. The third-order valence-electron chi connectivity index (χ3n) is 3.19. The summed E-state index contributed by atoms with van der Waals surface area (Å²) in [5.41, 5.74) is -0.438. The molecule has 4 nitrogen and oxygen atoms in total. The number of hydrogen-bond acceptors (Lipinski definition) is 3. The van der Waals surface area contributed by atoms with Gasteiger partial charge in [0.2, 0.25) is 5.91 Å². The van der Waals surface area contributed by atoms with Crippen molar-refractivity contribution in [3.63, 3.8) is 0 Å². The van der Waals surface area contributed by atoms with E-state index in [0.717, 1.165) is 26.3 Å². The monoisotopic (exact) mass is 246 g/mol. The van der Waals surface area contributed by atoms with Crippen molar-refractivity contribution < 1.29 is 9.53 Å². The predicted molar refractivity (Wildman–Crippen MR) is 62.6 cm³/mol. The van der Waals surface area contributed by atoms with E-state index in [0.29, 0.717) is 18.0 Å². The Morgan fingerprint density at radius 1 is 1.44 bits per heavy atom. The molecular formula is C11H19ClN2O2. The maximum absolute atomic E-state index is 12.0. The first kappa shape index (κ1) is 12.1. The molecule has 0 spiro atoms. The molecule has 0 aromatic rings. The minimum atomic E-state index is -0.438. The first-order chi connectivity index (χ1) is 7.53. The molecule has 16 heavy (non-hydrogen) atoms. The van der Waals surface area contributed by atoms with Crippen LogP contribution in [-0.4, -0.2) is 55.1 Å². The number of rotatable bonds is 4. The van der Waals surface area contributed by atoms with Crippen molar-refractivity contribution in [1.29, 1.82) is 0 Å². The number of halogens is 1. The largest absolute Gasteiger partial charge is 0.378 e. The van der Waals surface area contributed by atoms with Gasteiger partial charge in [-0.15, -0.1) is 11.6 Å². The molecule has 0 bridgehead atoms. The van der Waals surface area contributed by atoms with Crippen LogP contribution in [0.4, 0.5) is 0 Å². The van der Waals surface area contributed by atoms with Crippen LogP contribution in [0.15, 0.2) is 0 Å². The highest BCUT2D eigenvalue weighted by Gasteiger charge is 2.39. The van der Waals surface area contributed by atoms with E-state index < -0.39 is 5.41 Å². The summed E-state index contributed by atoms with van der Waals surface area (Å²) in [6.07, 6.45) is 0. The summed E-state index contributed by atoms with van der Waals surface area (Å²) in [6.45, 7) is 6.99. The Balaban J connectivity index is 1.72. The Morgan fingerprint density at radius 2 is 2.06 bits per heavy atom. The summed E-state index contributed by atoms with van der Waals surface area (Å²) in [6, 6.07) is 0.923. The van der Waals surface area contributed by atoms with Crippen LogP contribution >= 0.6 is 11.6 Å². The van der Waals surface area contributed by atoms with Crippen LogP contribution in [0.25, 0.3) is 0 Å². The number of ether oxygens (including phenoxy) is 1. The molecule has 0 saturated carbocycles. The number of carbonyl (C=O) groups is 1. The van der Waals surface area contributed by atoms with Gasteiger partial charge < -0.3 is 15.0 Å². The van der Waals surface area contributed by atoms with E-state index in [1.54, 1.807) is 0 Å². The van der Waals surface area contributed by atoms with Crippen molar-refractivity contribution >= 4 is 17.5 Å². The lowest BCUT2D eigenvalue weighted by atomic mass is 9.92. The van der Waals surface area contributed by atoms with Gasteiger partial charge in [-0.05, 0) is 13.8 Å². The van der Waals surface area contributed by atoms with Crippen LogP contribution in [0.5, 0.6) is 0 Å². The SMILES string of the molecule is CC(C)(CCl)C(=O)N1CC(NC2COC2)C1. The van der Waals surface area contributed by atoms with Gasteiger partial charge in [0.05, 0.1) is 24.7 Å². The van der Waals surface area contributed by atoms with Crippen LogP contribution in [0, 0.1) is 5.41 Å². The van der Waals surface area contributed by atoms with Gasteiger partial charge in [-0.25, -0.2) is 0 Å². The number of carbonyl (C=O) groups excluding carboxylic acids is 1. The Kier molecular flexibility index (Phi) is 3.42. The quantitative estimate of drug-likeness (QED) is 0.733. The molecule has 92 valence electrons. The summed E-state index contributed by atoms with van der Waals surface area (Å²) < 4.78 is 5.09. The minimum absolute atomic E-state index is 0.158. The van der Waals surface area contributed by atoms with E-state index in [9.17, 15) is 4.79 Å². The van der Waals surface area contributed by atoms with Gasteiger partial charge in [0.1, 0.15) is 0 Å². The molecule has 2 aliphatic rings. The minimum Gasteiger partial charge on any atom is -0.378 e. The lowest BCUT2D eigenvalue weighted by molar-refractivity contribution is -0.145. The van der Waals surface area contributed by atoms with Gasteiger partial charge >= 0.3 is 0 Å². The number of likely N-dealkylation sites (tertiary alicyclic amines) is 1. The standard InChI is InChI=1S/C11H19ClN2O2/c1-11(2,7-12)10(15)14-3-8(4-14)13-9-5-16-6-9/h8-9,13H,3-7H2,1-2H3. The summed E-state index contributed by atoms with van der Waals surface area (Å²) >= 11 is 5.79. The third kappa shape index (κ3) is 2.34. The number of hydrogen-bond donors (Lipinski definition) is 1. The van der Waals surface area contributed by atoms with Gasteiger partial charge in [0, 0.05) is 25.0 Å². The van der Waals surface area contributed by atoms with Crippen molar-refractivity contribution in [3.05, 3.63) is 0 Å². The van der Waals surface area contributed by atoms with Crippen molar-refractivity contribution in [2.75, 3.05) is 32.2 Å². The molecule has 2 rings (SSSR count). The topological polar surface area (TPSA) is 41.6 Å². The van der Waals surface area contributed by atoms with Crippen LogP contribution < -0.4 is 5.32 Å². The summed E-state index contributed by atoms with van der Waals surface area (Å²) in [7, 11) is 0. The number of nitrogens with one attached hydrogen (secondary N) is 1. The van der Waals surface area contributed by atoms with Gasteiger partial charge in [0.15, 0.2) is 0 Å². The highest BCUT2D eigenvalue weighted by molar-refractivity contribution is 6.19. The smallest absolute Gasteiger partial charge is 0.229 e. The first-order valence-electron chi connectivity index (χ1n) is 5.72. The lowest BCUT2D eigenvalue weighted by Crippen LogP contribution is -2.66. The molecule has 0 aromatic heterocycles. The molecule has 0 aromatic carbocycles. The number of amides is 1. The highest BCUT2D eigenvalue weighted by Crippen LogP contribution is 2.24. The van der Waals surface area contributed by atoms with Crippen molar-refractivity contribution in [3.8, 4) is 0 Å². The van der Waals surface area contributed by atoms with E-state index in [-0.39, 0.29) is 5.91 Å². The van der Waals surface area contributed by atoms with Gasteiger partial charge in [-0.3, -0.25) is 4.79 Å². The van der Waals surface area contributed by atoms with Crippen molar-refractivity contribution in [2.45, 2.75) is 25.9 Å². The van der Waals surface area contributed by atoms with Gasteiger partial charge in [0.25, 0.3) is 0 Å². The molecule has 1 amide bonds. The maximum Gasteiger partial charge on any atom is 0.229 e. The zero-order valence-electron chi connectivity index (χ0n) is 9.83. The zero-order chi connectivity index (χ0) is 11.8. The summed E-state index contributed by atoms with van der Waals surface area (Å²) in [5, 5.41) is 3.46. The molecule has 0 aliphatic carbocycles. The van der Waals surface area contributed by atoms with E-state index in [2.05, 4.69) is 5.32 Å². The van der Waals surface area contributed by atoms with Gasteiger partial charge in [-0.2, -0.15) is 0 Å². The van der Waals surface area contributed by atoms with Crippen LogP contribution in [0.3, 0.4) is 0 Å². The molecule has 2 aliphatic heterocycles. The fraction of sp³-hybridized carbons (Fsp3) is 0.909. The molecule has 0 radical (unpaired) electrons. The van der Waals surface area contributed by atoms with Crippen molar-refractivity contribution in [2.24, 2.45) is 5.41 Å². The molecule has 5 heteroatoms. The maximum atomic E-state index is 12.0. The van der Waals surface area contributed by atoms with E-state index in [1.165, 1.54) is 0 Å². The second-order valence-corrected chi connectivity index (χ2v) is 5.59. The number of alkyl halides is 1. The van der Waals surface area contributed by atoms with Crippen molar-refractivity contribution in [1.82, 2.24) is 10.2 Å². The van der Waals surface area contributed by atoms with Gasteiger partial charge in [-0.1, -0.05) is 0 Å². The van der Waals surface area contributed by atoms with E-state index >= 15 is 0 Å². The Bertz CT molecular complexity index is 273. The van der Waals surface area contributed by atoms with E-state index in [1.807, 2.05) is 18.7 Å². The van der Waals surface area contributed by atoms with Crippen LogP contribution in [0.1, 0.15) is 13.8 Å². The second-order valence-electron chi connectivity index (χ2n) is 5.33. The Morgan fingerprint density at radius 3 is 2.50 bits per heavy atom. The second kappa shape index (κ2) is 4.51. The molecular weight excluding hydrogens is 228 g/mol. The molecule has 0 unspecified atom stereocenters. The third-order valence-corrected chi connectivity index (χ3v) is 3.86. The number of nitrogens with zero attached hydrogens (tertiary/aromatic N) is 1. The summed E-state index contributed by atoms with van der Waals surface area (Å²) in [4.78, 5) is 13.9. The molecule has 0 atom stereocenters. The Hall–Kier alpha value is -0.320. The van der Waals surface area contributed by atoms with Crippen LogP contribution in [0.2, 0.25) is 0 Å². The molecule has 2 saturated heterocycles. The fourth-order valence-corrected chi connectivity index (χ4v) is 2.01. The first-order valence-corrected chi connectivity index (χ1v) is 6.25. The average Bonchev–Trinajstić information content (AvgIpc) is 2.12. The Labute approximate surface area is 101 Å². The van der Waals surface area contributed by atoms with E-state index in [4.69, 9.17) is 16.3 Å². The normalized spacial score (nSPS) is 22.8. The predicted octanol–water partition coefficient (Wildman–Crippen LogP) is 0.451. The zero-order valence-corrected chi connectivity index (χ0v) is 10.6. The average molecular weight is 247 g/mol. The fourth-order valence-electron chi connectivity index (χ4n) is 1.90. The van der Waals surface area contributed by atoms with Crippen LogP contribution in [-0.2, 0) is 9.53 Å². The lowest BCUT2D eigenvalue weighted by Gasteiger charge is -2.45. The summed E-state index contributed by atoms with van der Waals surface area (Å²) in [5.74, 6) is 0.530. The molecule has 1 N–H and O–H groups in total. The highest BCUT2D eigenvalue weighted by atomic mass is 35.5.